The summed E-state index contributed by atoms with van der Waals surface area (Å²) in [7, 11) is 1.39. The van der Waals surface area contributed by atoms with Crippen molar-refractivity contribution in [2.24, 2.45) is 11.0 Å². The van der Waals surface area contributed by atoms with Gasteiger partial charge in [-0.3, -0.25) is 4.79 Å². The average molecular weight is 233 g/mol. The molecule has 1 rings (SSSR count). The first-order chi connectivity index (χ1) is 8.17. The van der Waals surface area contributed by atoms with Gasteiger partial charge in [-0.05, 0) is 23.1 Å². The average Bonchev–Trinajstić information content (AvgIpc) is 2.37. The maximum Gasteiger partial charge on any atom is 0.308 e. The van der Waals surface area contributed by atoms with Gasteiger partial charge in [0.1, 0.15) is 0 Å². The lowest BCUT2D eigenvalue weighted by atomic mass is 10.0. The Morgan fingerprint density at radius 1 is 1.41 bits per heavy atom. The fourth-order valence-electron chi connectivity index (χ4n) is 1.53. The molecule has 0 saturated carbocycles. The van der Waals surface area contributed by atoms with Crippen molar-refractivity contribution in [3.05, 3.63) is 45.8 Å². The third-order valence-corrected chi connectivity index (χ3v) is 2.48. The van der Waals surface area contributed by atoms with Crippen molar-refractivity contribution in [3.8, 4) is 0 Å². The fraction of sp³-hybridized carbons (Fsp3) is 0.417. The maximum atomic E-state index is 11.2. The quantitative estimate of drug-likeness (QED) is 0.339. The molecule has 0 saturated heterocycles. The van der Waals surface area contributed by atoms with Crippen LogP contribution in [0.1, 0.15) is 18.1 Å². The first-order valence-corrected chi connectivity index (χ1v) is 5.34. The van der Waals surface area contributed by atoms with E-state index >= 15 is 0 Å². The standard InChI is InChI=1S/C12H15N3O2/c1-9(12(16)17-2)7-10-3-5-11(6-4-10)8-14-15-13/h3-6,9H,7-8H2,1-2H3/t9-/m0/s1. The van der Waals surface area contributed by atoms with E-state index in [0.717, 1.165) is 11.1 Å². The number of esters is 1. The molecule has 0 aromatic heterocycles. The molecular formula is C12H15N3O2. The van der Waals surface area contributed by atoms with Crippen molar-refractivity contribution >= 4 is 5.97 Å². The molecule has 5 nitrogen and oxygen atoms in total. The van der Waals surface area contributed by atoms with Crippen molar-refractivity contribution in [1.29, 1.82) is 0 Å². The Labute approximate surface area is 100 Å². The smallest absolute Gasteiger partial charge is 0.308 e. The van der Waals surface area contributed by atoms with Crippen molar-refractivity contribution in [1.82, 2.24) is 0 Å². The number of ether oxygens (including phenoxy) is 1. The lowest BCUT2D eigenvalue weighted by Gasteiger charge is -2.09. The van der Waals surface area contributed by atoms with Gasteiger partial charge in [0.05, 0.1) is 19.6 Å². The van der Waals surface area contributed by atoms with Crippen LogP contribution in [0.15, 0.2) is 29.4 Å². The zero-order valence-corrected chi connectivity index (χ0v) is 9.96. The van der Waals surface area contributed by atoms with Crippen LogP contribution in [0.2, 0.25) is 0 Å². The van der Waals surface area contributed by atoms with Crippen LogP contribution in [0.4, 0.5) is 0 Å². The van der Waals surface area contributed by atoms with Gasteiger partial charge in [-0.1, -0.05) is 36.3 Å². The lowest BCUT2D eigenvalue weighted by molar-refractivity contribution is -0.144. The molecule has 0 fully saturated rings. The van der Waals surface area contributed by atoms with Crippen LogP contribution in [0, 0.1) is 5.92 Å². The number of hydrogen-bond donors (Lipinski definition) is 0. The molecule has 0 amide bonds. The number of rotatable bonds is 5. The highest BCUT2D eigenvalue weighted by atomic mass is 16.5. The van der Waals surface area contributed by atoms with Crippen LogP contribution in [-0.2, 0) is 22.5 Å². The second kappa shape index (κ2) is 6.55. The molecule has 0 heterocycles. The number of carbonyl (C=O) groups is 1. The van der Waals surface area contributed by atoms with Crippen molar-refractivity contribution in [3.63, 3.8) is 0 Å². The third-order valence-electron chi connectivity index (χ3n) is 2.48. The minimum Gasteiger partial charge on any atom is -0.469 e. The number of methoxy groups -OCH3 is 1. The van der Waals surface area contributed by atoms with E-state index in [1.54, 1.807) is 0 Å². The van der Waals surface area contributed by atoms with E-state index in [-0.39, 0.29) is 11.9 Å². The largest absolute Gasteiger partial charge is 0.469 e. The number of azide groups is 1. The lowest BCUT2D eigenvalue weighted by Crippen LogP contribution is -2.15. The number of benzene rings is 1. The van der Waals surface area contributed by atoms with Gasteiger partial charge in [0.15, 0.2) is 0 Å². The fourth-order valence-corrected chi connectivity index (χ4v) is 1.53. The van der Waals surface area contributed by atoms with Gasteiger partial charge in [-0.2, -0.15) is 0 Å². The predicted molar refractivity (Wildman–Crippen MR) is 64.2 cm³/mol. The Morgan fingerprint density at radius 2 is 2.00 bits per heavy atom. The zero-order chi connectivity index (χ0) is 12.7. The highest BCUT2D eigenvalue weighted by molar-refractivity contribution is 5.72. The molecule has 1 aromatic rings. The van der Waals surface area contributed by atoms with E-state index in [1.807, 2.05) is 31.2 Å². The van der Waals surface area contributed by atoms with Gasteiger partial charge in [0.2, 0.25) is 0 Å². The van der Waals surface area contributed by atoms with Gasteiger partial charge >= 0.3 is 5.97 Å². The van der Waals surface area contributed by atoms with Gasteiger partial charge < -0.3 is 4.74 Å². The Kier molecular flexibility index (Phi) is 5.04. The Bertz CT molecular complexity index is 422. The van der Waals surface area contributed by atoms with Crippen LogP contribution >= 0.6 is 0 Å². The summed E-state index contributed by atoms with van der Waals surface area (Å²) in [6.45, 7) is 2.18. The zero-order valence-electron chi connectivity index (χ0n) is 9.96. The summed E-state index contributed by atoms with van der Waals surface area (Å²) in [6.07, 6.45) is 0.647. The van der Waals surface area contributed by atoms with Crippen molar-refractivity contribution in [2.45, 2.75) is 19.9 Å². The first kappa shape index (κ1) is 13.1. The van der Waals surface area contributed by atoms with Crippen LogP contribution < -0.4 is 0 Å². The second-order valence-electron chi connectivity index (χ2n) is 3.83. The maximum absolute atomic E-state index is 11.2. The molecule has 0 unspecified atom stereocenters. The Morgan fingerprint density at radius 3 is 2.53 bits per heavy atom. The van der Waals surface area contributed by atoms with Gasteiger partial charge in [-0.25, -0.2) is 0 Å². The van der Waals surface area contributed by atoms with E-state index in [9.17, 15) is 4.79 Å². The molecule has 0 aliphatic carbocycles. The van der Waals surface area contributed by atoms with Crippen LogP contribution in [-0.4, -0.2) is 13.1 Å². The summed E-state index contributed by atoms with van der Waals surface area (Å²) in [5, 5.41) is 3.48. The third kappa shape index (κ3) is 4.17. The molecule has 0 bridgehead atoms. The van der Waals surface area contributed by atoms with E-state index in [2.05, 4.69) is 14.8 Å². The number of hydrogen-bond acceptors (Lipinski definition) is 3. The number of nitrogens with zero attached hydrogens (tertiary/aromatic N) is 3. The van der Waals surface area contributed by atoms with E-state index in [0.29, 0.717) is 13.0 Å². The molecule has 17 heavy (non-hydrogen) atoms. The Balaban J connectivity index is 2.61. The SMILES string of the molecule is COC(=O)[C@@H](C)Cc1ccc(CN=[N+]=[N-])cc1. The monoisotopic (exact) mass is 233 g/mol. The van der Waals surface area contributed by atoms with Crippen molar-refractivity contribution in [2.75, 3.05) is 7.11 Å². The summed E-state index contributed by atoms with van der Waals surface area (Å²) in [4.78, 5) is 13.9. The molecule has 0 radical (unpaired) electrons. The normalized spacial score (nSPS) is 11.4. The topological polar surface area (TPSA) is 75.1 Å². The van der Waals surface area contributed by atoms with Gasteiger partial charge in [0.25, 0.3) is 0 Å². The van der Waals surface area contributed by atoms with Crippen LogP contribution in [0.25, 0.3) is 10.4 Å². The molecule has 0 aliphatic heterocycles. The van der Waals surface area contributed by atoms with Crippen LogP contribution in [0.3, 0.4) is 0 Å². The predicted octanol–water partition coefficient (Wildman–Crippen LogP) is 2.85. The summed E-state index contributed by atoms with van der Waals surface area (Å²) < 4.78 is 4.67. The van der Waals surface area contributed by atoms with E-state index in [1.165, 1.54) is 7.11 Å². The molecule has 5 heteroatoms. The molecule has 90 valence electrons. The highest BCUT2D eigenvalue weighted by Crippen LogP contribution is 2.12. The molecule has 0 N–H and O–H groups in total. The molecule has 1 aromatic carbocycles. The molecular weight excluding hydrogens is 218 g/mol. The molecule has 0 spiro atoms. The van der Waals surface area contributed by atoms with E-state index in [4.69, 9.17) is 5.53 Å². The van der Waals surface area contributed by atoms with Gasteiger partial charge in [0, 0.05) is 4.91 Å². The minimum atomic E-state index is -0.205. The summed E-state index contributed by atoms with van der Waals surface area (Å²) in [5.41, 5.74) is 10.2. The highest BCUT2D eigenvalue weighted by Gasteiger charge is 2.13. The minimum absolute atomic E-state index is 0.150. The van der Waals surface area contributed by atoms with E-state index < -0.39 is 0 Å². The summed E-state index contributed by atoms with van der Waals surface area (Å²) >= 11 is 0. The molecule has 1 atom stereocenters. The second-order valence-corrected chi connectivity index (χ2v) is 3.83. The van der Waals surface area contributed by atoms with Gasteiger partial charge in [-0.15, -0.1) is 0 Å². The molecule has 0 aliphatic rings. The Hall–Kier alpha value is -2.00. The summed E-state index contributed by atoms with van der Waals surface area (Å²) in [5.74, 6) is -0.355. The van der Waals surface area contributed by atoms with Crippen molar-refractivity contribution < 1.29 is 9.53 Å². The summed E-state index contributed by atoms with van der Waals surface area (Å²) in [6, 6.07) is 7.66. The van der Waals surface area contributed by atoms with Crippen LogP contribution in [0.5, 0.6) is 0 Å². The first-order valence-electron chi connectivity index (χ1n) is 5.34. The number of carbonyl (C=O) groups excluding carboxylic acids is 1.